The average molecular weight is 226 g/mol. The molecule has 2 rings (SSSR count). The molecule has 5 nitrogen and oxygen atoms in total. The Hall–Kier alpha value is -2.61. The minimum atomic E-state index is 0.130. The predicted octanol–water partition coefficient (Wildman–Crippen LogP) is 2.10. The number of nitrogens with zero attached hydrogens (tertiary/aromatic N) is 3. The summed E-state index contributed by atoms with van der Waals surface area (Å²) in [6.45, 7) is 0. The van der Waals surface area contributed by atoms with Crippen LogP contribution in [0.4, 0.5) is 11.5 Å². The number of hydrogen-bond acceptors (Lipinski definition) is 5. The largest absolute Gasteiger partial charge is 0.495 e. The monoisotopic (exact) mass is 226 g/mol. The summed E-state index contributed by atoms with van der Waals surface area (Å²) in [5.74, 6) is 1.40. The summed E-state index contributed by atoms with van der Waals surface area (Å²) in [5, 5.41) is 11.8. The summed E-state index contributed by atoms with van der Waals surface area (Å²) in [7, 11) is 1.60. The summed E-state index contributed by atoms with van der Waals surface area (Å²) < 4.78 is 5.20. The van der Waals surface area contributed by atoms with Gasteiger partial charge in [-0.15, -0.1) is 0 Å². The van der Waals surface area contributed by atoms with Gasteiger partial charge in [0.25, 0.3) is 0 Å². The van der Waals surface area contributed by atoms with Crippen LogP contribution in [0.1, 0.15) is 5.82 Å². The van der Waals surface area contributed by atoms with Gasteiger partial charge in [-0.25, -0.2) is 9.97 Å². The summed E-state index contributed by atoms with van der Waals surface area (Å²) in [4.78, 5) is 7.82. The molecular formula is C12H10N4O. The second kappa shape index (κ2) is 4.94. The number of benzene rings is 1. The number of anilines is 2. The maximum absolute atomic E-state index is 8.70. The van der Waals surface area contributed by atoms with Gasteiger partial charge >= 0.3 is 0 Å². The Bertz CT molecular complexity index is 562. The quantitative estimate of drug-likeness (QED) is 0.867. The van der Waals surface area contributed by atoms with Crippen LogP contribution < -0.4 is 10.1 Å². The lowest BCUT2D eigenvalue weighted by atomic mass is 10.3. The van der Waals surface area contributed by atoms with E-state index in [2.05, 4.69) is 15.3 Å². The number of rotatable bonds is 3. The Morgan fingerprint density at radius 2 is 2.12 bits per heavy atom. The zero-order valence-corrected chi connectivity index (χ0v) is 9.21. The van der Waals surface area contributed by atoms with E-state index in [-0.39, 0.29) is 5.82 Å². The summed E-state index contributed by atoms with van der Waals surface area (Å²) in [5.41, 5.74) is 0.789. The second-order valence-electron chi connectivity index (χ2n) is 3.20. The van der Waals surface area contributed by atoms with Crippen LogP contribution in [-0.4, -0.2) is 17.1 Å². The van der Waals surface area contributed by atoms with E-state index < -0.39 is 0 Å². The van der Waals surface area contributed by atoms with Crippen LogP contribution in [0.15, 0.2) is 36.5 Å². The van der Waals surface area contributed by atoms with E-state index in [1.807, 2.05) is 30.3 Å². The first-order chi connectivity index (χ1) is 8.33. The van der Waals surface area contributed by atoms with E-state index in [0.29, 0.717) is 11.6 Å². The average Bonchev–Trinajstić information content (AvgIpc) is 2.39. The molecule has 0 fully saturated rings. The van der Waals surface area contributed by atoms with Gasteiger partial charge in [-0.05, 0) is 18.2 Å². The standard InChI is InChI=1S/C12H10N4O/c1-17-10-5-3-2-4-9(10)15-11-6-7-14-12(8-13)16-11/h2-7H,1H3,(H,14,15,16). The Morgan fingerprint density at radius 1 is 1.29 bits per heavy atom. The third kappa shape index (κ3) is 2.49. The topological polar surface area (TPSA) is 70.8 Å². The van der Waals surface area contributed by atoms with E-state index in [1.165, 1.54) is 6.20 Å². The number of nitriles is 1. The van der Waals surface area contributed by atoms with Crippen molar-refractivity contribution >= 4 is 11.5 Å². The molecule has 0 saturated carbocycles. The highest BCUT2D eigenvalue weighted by molar-refractivity contribution is 5.63. The smallest absolute Gasteiger partial charge is 0.234 e. The van der Waals surface area contributed by atoms with E-state index in [0.717, 1.165) is 5.69 Å². The molecule has 0 radical (unpaired) electrons. The number of ether oxygens (including phenoxy) is 1. The molecule has 0 aliphatic heterocycles. The molecule has 0 unspecified atom stereocenters. The first kappa shape index (κ1) is 10.9. The van der Waals surface area contributed by atoms with Gasteiger partial charge in [0.05, 0.1) is 12.8 Å². The maximum atomic E-state index is 8.70. The molecule has 0 saturated heterocycles. The van der Waals surface area contributed by atoms with E-state index in [9.17, 15) is 0 Å². The van der Waals surface area contributed by atoms with Gasteiger partial charge in [0.2, 0.25) is 5.82 Å². The summed E-state index contributed by atoms with van der Waals surface area (Å²) in [6, 6.07) is 11.1. The minimum absolute atomic E-state index is 0.130. The normalized spacial score (nSPS) is 9.41. The van der Waals surface area contributed by atoms with Gasteiger partial charge < -0.3 is 10.1 Å². The van der Waals surface area contributed by atoms with E-state index in [1.54, 1.807) is 13.2 Å². The zero-order chi connectivity index (χ0) is 12.1. The number of para-hydroxylation sites is 2. The molecule has 5 heteroatoms. The fourth-order valence-electron chi connectivity index (χ4n) is 1.37. The Labute approximate surface area is 98.7 Å². The van der Waals surface area contributed by atoms with Gasteiger partial charge in [0, 0.05) is 6.20 Å². The number of hydrogen-bond donors (Lipinski definition) is 1. The van der Waals surface area contributed by atoms with Crippen LogP contribution in [0.5, 0.6) is 5.75 Å². The lowest BCUT2D eigenvalue weighted by molar-refractivity contribution is 0.417. The number of aromatic nitrogens is 2. The van der Waals surface area contributed by atoms with Crippen LogP contribution in [-0.2, 0) is 0 Å². The number of nitrogens with one attached hydrogen (secondary N) is 1. The molecular weight excluding hydrogens is 216 g/mol. The van der Waals surface area contributed by atoms with Crippen LogP contribution in [0.25, 0.3) is 0 Å². The molecule has 84 valence electrons. The lowest BCUT2D eigenvalue weighted by Gasteiger charge is -2.09. The highest BCUT2D eigenvalue weighted by Gasteiger charge is 2.03. The molecule has 1 heterocycles. The van der Waals surface area contributed by atoms with Crippen molar-refractivity contribution in [3.8, 4) is 11.8 Å². The van der Waals surface area contributed by atoms with Gasteiger partial charge in [-0.1, -0.05) is 12.1 Å². The molecule has 0 aliphatic rings. The fraction of sp³-hybridized carbons (Fsp3) is 0.0833. The molecule has 0 bridgehead atoms. The van der Waals surface area contributed by atoms with Crippen molar-refractivity contribution in [2.24, 2.45) is 0 Å². The summed E-state index contributed by atoms with van der Waals surface area (Å²) >= 11 is 0. The summed E-state index contributed by atoms with van der Waals surface area (Å²) in [6.07, 6.45) is 1.53. The molecule has 1 aromatic carbocycles. The van der Waals surface area contributed by atoms with Gasteiger partial charge in [0.15, 0.2) is 0 Å². The second-order valence-corrected chi connectivity index (χ2v) is 3.20. The van der Waals surface area contributed by atoms with Crippen molar-refractivity contribution in [1.82, 2.24) is 9.97 Å². The maximum Gasteiger partial charge on any atom is 0.234 e. The van der Waals surface area contributed by atoms with Gasteiger partial charge in [-0.3, -0.25) is 0 Å². The fourth-order valence-corrected chi connectivity index (χ4v) is 1.37. The molecule has 1 N–H and O–H groups in total. The van der Waals surface area contributed by atoms with Crippen LogP contribution in [0.2, 0.25) is 0 Å². The molecule has 1 aromatic heterocycles. The lowest BCUT2D eigenvalue weighted by Crippen LogP contribution is -1.98. The van der Waals surface area contributed by atoms with Crippen molar-refractivity contribution < 1.29 is 4.74 Å². The molecule has 17 heavy (non-hydrogen) atoms. The van der Waals surface area contributed by atoms with Crippen molar-refractivity contribution in [2.75, 3.05) is 12.4 Å². The highest BCUT2D eigenvalue weighted by atomic mass is 16.5. The first-order valence-corrected chi connectivity index (χ1v) is 4.96. The van der Waals surface area contributed by atoms with E-state index in [4.69, 9.17) is 10.00 Å². The van der Waals surface area contributed by atoms with Crippen LogP contribution >= 0.6 is 0 Å². The van der Waals surface area contributed by atoms with Crippen LogP contribution in [0.3, 0.4) is 0 Å². The molecule has 0 atom stereocenters. The molecule has 0 aliphatic carbocycles. The van der Waals surface area contributed by atoms with E-state index >= 15 is 0 Å². The number of methoxy groups -OCH3 is 1. The molecule has 2 aromatic rings. The van der Waals surface area contributed by atoms with Crippen molar-refractivity contribution in [3.05, 3.63) is 42.4 Å². The Balaban J connectivity index is 2.28. The molecule has 0 amide bonds. The van der Waals surface area contributed by atoms with Crippen LogP contribution in [0, 0.1) is 11.3 Å². The highest BCUT2D eigenvalue weighted by Crippen LogP contribution is 2.25. The first-order valence-electron chi connectivity index (χ1n) is 4.96. The predicted molar refractivity (Wildman–Crippen MR) is 63.0 cm³/mol. The Kier molecular flexibility index (Phi) is 3.17. The van der Waals surface area contributed by atoms with Gasteiger partial charge in [-0.2, -0.15) is 5.26 Å². The Morgan fingerprint density at radius 3 is 2.88 bits per heavy atom. The minimum Gasteiger partial charge on any atom is -0.495 e. The SMILES string of the molecule is COc1ccccc1Nc1ccnc(C#N)n1. The third-order valence-electron chi connectivity index (χ3n) is 2.13. The van der Waals surface area contributed by atoms with Crippen molar-refractivity contribution in [2.45, 2.75) is 0 Å². The van der Waals surface area contributed by atoms with Crippen molar-refractivity contribution in [1.29, 1.82) is 5.26 Å². The van der Waals surface area contributed by atoms with Crippen molar-refractivity contribution in [3.63, 3.8) is 0 Å². The zero-order valence-electron chi connectivity index (χ0n) is 9.21. The van der Waals surface area contributed by atoms with Gasteiger partial charge in [0.1, 0.15) is 17.6 Å². The molecule has 0 spiro atoms. The third-order valence-corrected chi connectivity index (χ3v) is 2.13.